The van der Waals surface area contributed by atoms with E-state index in [0.717, 1.165) is 23.2 Å². The van der Waals surface area contributed by atoms with Crippen LogP contribution in [-0.2, 0) is 6.42 Å². The Balaban J connectivity index is 1.97. The van der Waals surface area contributed by atoms with Crippen LogP contribution in [0.5, 0.6) is 11.5 Å². The summed E-state index contributed by atoms with van der Waals surface area (Å²) >= 11 is 0. The molecule has 23 heavy (non-hydrogen) atoms. The fourth-order valence-corrected chi connectivity index (χ4v) is 2.61. The minimum absolute atomic E-state index is 0.554. The standard InChI is InChI=1S/C18H18N2O3/c1-3-23-16-8-7-13(11-17(16)22-2)10-14-15(12-21)20-9-5-4-6-18(20)19-14/h4-9,11-12H,3,10H2,1-2H3. The molecular formula is C18H18N2O3. The highest BCUT2D eigenvalue weighted by atomic mass is 16.5. The van der Waals surface area contributed by atoms with E-state index in [1.165, 1.54) is 0 Å². The number of nitrogens with zero attached hydrogens (tertiary/aromatic N) is 2. The summed E-state index contributed by atoms with van der Waals surface area (Å²) in [4.78, 5) is 16.0. The molecule has 0 amide bonds. The molecule has 2 heterocycles. The van der Waals surface area contributed by atoms with Gasteiger partial charge < -0.3 is 9.47 Å². The van der Waals surface area contributed by atoms with Crippen molar-refractivity contribution >= 4 is 11.9 Å². The second-order valence-electron chi connectivity index (χ2n) is 5.09. The van der Waals surface area contributed by atoms with E-state index in [2.05, 4.69) is 4.98 Å². The molecule has 0 aliphatic heterocycles. The monoisotopic (exact) mass is 310 g/mol. The lowest BCUT2D eigenvalue weighted by Gasteiger charge is -2.10. The Kier molecular flexibility index (Phi) is 4.28. The van der Waals surface area contributed by atoms with Crippen LogP contribution in [-0.4, -0.2) is 29.4 Å². The first-order chi connectivity index (χ1) is 11.3. The van der Waals surface area contributed by atoms with Crippen molar-refractivity contribution in [3.8, 4) is 11.5 Å². The molecule has 0 saturated heterocycles. The van der Waals surface area contributed by atoms with Crippen molar-refractivity contribution in [1.82, 2.24) is 9.38 Å². The summed E-state index contributed by atoms with van der Waals surface area (Å²) in [5, 5.41) is 0. The third kappa shape index (κ3) is 2.90. The molecule has 0 unspecified atom stereocenters. The smallest absolute Gasteiger partial charge is 0.168 e. The van der Waals surface area contributed by atoms with Crippen molar-refractivity contribution in [3.63, 3.8) is 0 Å². The van der Waals surface area contributed by atoms with Crippen molar-refractivity contribution in [3.05, 3.63) is 59.5 Å². The van der Waals surface area contributed by atoms with Gasteiger partial charge in [0.1, 0.15) is 11.3 Å². The van der Waals surface area contributed by atoms with E-state index in [9.17, 15) is 4.79 Å². The number of benzene rings is 1. The van der Waals surface area contributed by atoms with Crippen LogP contribution in [0.3, 0.4) is 0 Å². The summed E-state index contributed by atoms with van der Waals surface area (Å²) in [5.41, 5.74) is 3.10. The highest BCUT2D eigenvalue weighted by Crippen LogP contribution is 2.29. The number of carbonyl (C=O) groups excluding carboxylic acids is 1. The van der Waals surface area contributed by atoms with Gasteiger partial charge in [-0.3, -0.25) is 9.20 Å². The predicted molar refractivity (Wildman–Crippen MR) is 87.5 cm³/mol. The zero-order chi connectivity index (χ0) is 16.2. The lowest BCUT2D eigenvalue weighted by molar-refractivity contribution is 0.111. The molecule has 0 bridgehead atoms. The van der Waals surface area contributed by atoms with Crippen LogP contribution < -0.4 is 9.47 Å². The maximum atomic E-state index is 11.4. The number of fused-ring (bicyclic) bond motifs is 1. The maximum absolute atomic E-state index is 11.4. The van der Waals surface area contributed by atoms with Crippen molar-refractivity contribution in [2.24, 2.45) is 0 Å². The summed E-state index contributed by atoms with van der Waals surface area (Å²) in [7, 11) is 1.61. The normalized spacial score (nSPS) is 10.7. The van der Waals surface area contributed by atoms with Gasteiger partial charge in [0.25, 0.3) is 0 Å². The Morgan fingerprint density at radius 2 is 2.09 bits per heavy atom. The van der Waals surface area contributed by atoms with Gasteiger partial charge in [0.05, 0.1) is 19.4 Å². The van der Waals surface area contributed by atoms with Gasteiger partial charge >= 0.3 is 0 Å². The molecule has 0 radical (unpaired) electrons. The summed E-state index contributed by atoms with van der Waals surface area (Å²) in [5.74, 6) is 1.39. The SMILES string of the molecule is CCOc1ccc(Cc2nc3ccccn3c2C=O)cc1OC. The molecule has 0 fully saturated rings. The van der Waals surface area contributed by atoms with Crippen molar-refractivity contribution in [2.75, 3.05) is 13.7 Å². The minimum atomic E-state index is 0.554. The first kappa shape index (κ1) is 15.1. The van der Waals surface area contributed by atoms with Crippen LogP contribution >= 0.6 is 0 Å². The Bertz CT molecular complexity index is 839. The first-order valence-corrected chi connectivity index (χ1v) is 7.47. The van der Waals surface area contributed by atoms with E-state index in [-0.39, 0.29) is 0 Å². The summed E-state index contributed by atoms with van der Waals surface area (Å²) in [6.45, 7) is 2.51. The zero-order valence-electron chi connectivity index (χ0n) is 13.2. The van der Waals surface area contributed by atoms with E-state index < -0.39 is 0 Å². The number of hydrogen-bond acceptors (Lipinski definition) is 4. The number of pyridine rings is 1. The lowest BCUT2D eigenvalue weighted by Crippen LogP contribution is -1.99. The number of hydrogen-bond donors (Lipinski definition) is 0. The average molecular weight is 310 g/mol. The van der Waals surface area contributed by atoms with E-state index >= 15 is 0 Å². The van der Waals surface area contributed by atoms with Crippen LogP contribution in [0.4, 0.5) is 0 Å². The van der Waals surface area contributed by atoms with Crippen LogP contribution in [0.2, 0.25) is 0 Å². The summed E-state index contributed by atoms with van der Waals surface area (Å²) < 4.78 is 12.7. The zero-order valence-corrected chi connectivity index (χ0v) is 13.2. The van der Waals surface area contributed by atoms with Crippen LogP contribution in [0.15, 0.2) is 42.6 Å². The molecule has 5 nitrogen and oxygen atoms in total. The lowest BCUT2D eigenvalue weighted by atomic mass is 10.1. The van der Waals surface area contributed by atoms with E-state index in [0.29, 0.717) is 30.2 Å². The number of ether oxygens (including phenoxy) is 2. The number of rotatable bonds is 6. The molecule has 0 saturated carbocycles. The van der Waals surface area contributed by atoms with Gasteiger partial charge in [0.15, 0.2) is 17.8 Å². The molecule has 0 aliphatic carbocycles. The third-order valence-corrected chi connectivity index (χ3v) is 3.65. The Morgan fingerprint density at radius 3 is 2.83 bits per heavy atom. The van der Waals surface area contributed by atoms with E-state index in [4.69, 9.17) is 9.47 Å². The van der Waals surface area contributed by atoms with Gasteiger partial charge in [-0.05, 0) is 36.8 Å². The summed E-state index contributed by atoms with van der Waals surface area (Å²) in [6.07, 6.45) is 3.24. The number of aromatic nitrogens is 2. The second kappa shape index (κ2) is 6.52. The largest absolute Gasteiger partial charge is 0.493 e. The first-order valence-electron chi connectivity index (χ1n) is 7.47. The fraction of sp³-hybridized carbons (Fsp3) is 0.222. The molecule has 1 aromatic carbocycles. The molecule has 5 heteroatoms. The van der Waals surface area contributed by atoms with E-state index in [1.54, 1.807) is 11.5 Å². The van der Waals surface area contributed by atoms with Gasteiger partial charge in [0.2, 0.25) is 0 Å². The Morgan fingerprint density at radius 1 is 1.22 bits per heavy atom. The van der Waals surface area contributed by atoms with Crippen LogP contribution in [0, 0.1) is 0 Å². The van der Waals surface area contributed by atoms with Crippen LogP contribution in [0.1, 0.15) is 28.7 Å². The van der Waals surface area contributed by atoms with Gasteiger partial charge in [-0.2, -0.15) is 0 Å². The minimum Gasteiger partial charge on any atom is -0.493 e. The number of methoxy groups -OCH3 is 1. The van der Waals surface area contributed by atoms with Gasteiger partial charge in [-0.25, -0.2) is 4.98 Å². The van der Waals surface area contributed by atoms with Gasteiger partial charge in [-0.1, -0.05) is 12.1 Å². The second-order valence-corrected chi connectivity index (χ2v) is 5.09. The highest BCUT2D eigenvalue weighted by molar-refractivity contribution is 5.76. The Hall–Kier alpha value is -2.82. The molecule has 118 valence electrons. The van der Waals surface area contributed by atoms with Crippen molar-refractivity contribution in [2.45, 2.75) is 13.3 Å². The van der Waals surface area contributed by atoms with E-state index in [1.807, 2.05) is 49.5 Å². The Labute approximate surface area is 134 Å². The molecule has 3 aromatic rings. The van der Waals surface area contributed by atoms with Gasteiger partial charge in [0, 0.05) is 12.6 Å². The highest BCUT2D eigenvalue weighted by Gasteiger charge is 2.13. The number of aldehydes is 1. The quantitative estimate of drug-likeness (QED) is 0.656. The molecule has 0 atom stereocenters. The van der Waals surface area contributed by atoms with Gasteiger partial charge in [-0.15, -0.1) is 0 Å². The molecule has 3 rings (SSSR count). The molecule has 2 aromatic heterocycles. The van der Waals surface area contributed by atoms with Crippen molar-refractivity contribution in [1.29, 1.82) is 0 Å². The predicted octanol–water partition coefficient (Wildman–Crippen LogP) is 3.14. The molecule has 0 aliphatic rings. The molecule has 0 N–H and O–H groups in total. The summed E-state index contributed by atoms with van der Waals surface area (Å²) in [6, 6.07) is 11.4. The molecule has 0 spiro atoms. The number of imidazole rings is 1. The van der Waals surface area contributed by atoms with Crippen molar-refractivity contribution < 1.29 is 14.3 Å². The fourth-order valence-electron chi connectivity index (χ4n) is 2.61. The third-order valence-electron chi connectivity index (χ3n) is 3.65. The molecular weight excluding hydrogens is 292 g/mol. The maximum Gasteiger partial charge on any atom is 0.168 e. The van der Waals surface area contributed by atoms with Crippen LogP contribution in [0.25, 0.3) is 5.65 Å². The average Bonchev–Trinajstić information content (AvgIpc) is 2.93. The topological polar surface area (TPSA) is 52.8 Å². The number of carbonyl (C=O) groups is 1.